The van der Waals surface area contributed by atoms with Gasteiger partial charge in [-0.2, -0.15) is 0 Å². The molecule has 3 nitrogen and oxygen atoms in total. The van der Waals surface area contributed by atoms with E-state index in [9.17, 15) is 4.79 Å². The molecule has 0 saturated heterocycles. The molecule has 1 unspecified atom stereocenters. The first-order chi connectivity index (χ1) is 6.50. The number of thiocarbonyl (C=S) groups is 1. The van der Waals surface area contributed by atoms with Gasteiger partial charge in [-0.05, 0) is 24.7 Å². The number of carbonyl (C=O) groups excluding carboxylic acids is 1. The quantitative estimate of drug-likeness (QED) is 0.676. The Morgan fingerprint density at radius 3 is 2.50 bits per heavy atom. The Bertz CT molecular complexity index is 236. The van der Waals surface area contributed by atoms with Crippen LogP contribution >= 0.6 is 12.2 Å². The van der Waals surface area contributed by atoms with E-state index in [1.54, 1.807) is 0 Å². The summed E-state index contributed by atoms with van der Waals surface area (Å²) in [5.74, 6) is 0.948. The van der Waals surface area contributed by atoms with Crippen molar-refractivity contribution in [3.63, 3.8) is 0 Å². The molecule has 3 N–H and O–H groups in total. The van der Waals surface area contributed by atoms with Crippen LogP contribution in [0.1, 0.15) is 33.1 Å². The third-order valence-electron chi connectivity index (χ3n) is 2.46. The van der Waals surface area contributed by atoms with Crippen LogP contribution in [0.25, 0.3) is 0 Å². The molecular formula is C10H18N2OS. The van der Waals surface area contributed by atoms with E-state index in [1.807, 2.05) is 13.8 Å². The zero-order chi connectivity index (χ0) is 10.7. The number of hydrogen-bond donors (Lipinski definition) is 2. The van der Waals surface area contributed by atoms with E-state index in [0.29, 0.717) is 17.3 Å². The molecule has 14 heavy (non-hydrogen) atoms. The summed E-state index contributed by atoms with van der Waals surface area (Å²) in [5, 5.41) is 2.88. The molecule has 0 aromatic heterocycles. The minimum atomic E-state index is -0.156. The van der Waals surface area contributed by atoms with E-state index in [1.165, 1.54) is 12.8 Å². The van der Waals surface area contributed by atoms with Crippen LogP contribution in [0.15, 0.2) is 0 Å². The van der Waals surface area contributed by atoms with Crippen LogP contribution < -0.4 is 11.1 Å². The van der Waals surface area contributed by atoms with Gasteiger partial charge >= 0.3 is 0 Å². The van der Waals surface area contributed by atoms with Crippen LogP contribution in [0.3, 0.4) is 0 Å². The Kier molecular flexibility index (Phi) is 3.86. The van der Waals surface area contributed by atoms with Gasteiger partial charge < -0.3 is 11.1 Å². The van der Waals surface area contributed by atoms with Gasteiger partial charge in [-0.1, -0.05) is 26.1 Å². The maximum absolute atomic E-state index is 11.5. The molecule has 1 amide bonds. The minimum absolute atomic E-state index is 0.0824. The van der Waals surface area contributed by atoms with Crippen molar-refractivity contribution in [1.29, 1.82) is 0 Å². The van der Waals surface area contributed by atoms with Crippen molar-refractivity contribution in [2.75, 3.05) is 0 Å². The standard InChI is InChI=1S/C10H18N2OS/c1-6(2)9(10(11)14)12-8(13)5-7-3-4-7/h6-7,9H,3-5H2,1-2H3,(H2,11,14)(H,12,13). The Labute approximate surface area is 90.4 Å². The van der Waals surface area contributed by atoms with Crippen molar-refractivity contribution in [1.82, 2.24) is 5.32 Å². The van der Waals surface area contributed by atoms with Crippen LogP contribution in [0, 0.1) is 11.8 Å². The van der Waals surface area contributed by atoms with Crippen LogP contribution in [-0.2, 0) is 4.79 Å². The molecule has 1 atom stereocenters. The number of carbonyl (C=O) groups is 1. The zero-order valence-corrected chi connectivity index (χ0v) is 9.56. The molecular weight excluding hydrogens is 196 g/mol. The molecule has 0 aromatic rings. The fourth-order valence-electron chi connectivity index (χ4n) is 1.38. The minimum Gasteiger partial charge on any atom is -0.392 e. The highest BCUT2D eigenvalue weighted by Crippen LogP contribution is 2.32. The average molecular weight is 214 g/mol. The Hall–Kier alpha value is -0.640. The lowest BCUT2D eigenvalue weighted by Crippen LogP contribution is -2.46. The molecule has 1 saturated carbocycles. The van der Waals surface area contributed by atoms with E-state index >= 15 is 0 Å². The van der Waals surface area contributed by atoms with Gasteiger partial charge in [0.25, 0.3) is 0 Å². The highest BCUT2D eigenvalue weighted by Gasteiger charge is 2.26. The van der Waals surface area contributed by atoms with E-state index < -0.39 is 0 Å². The molecule has 0 radical (unpaired) electrons. The van der Waals surface area contributed by atoms with Gasteiger partial charge in [0.2, 0.25) is 5.91 Å². The van der Waals surface area contributed by atoms with Gasteiger partial charge in [-0.15, -0.1) is 0 Å². The summed E-state index contributed by atoms with van der Waals surface area (Å²) in [4.78, 5) is 11.9. The summed E-state index contributed by atoms with van der Waals surface area (Å²) in [7, 11) is 0. The lowest BCUT2D eigenvalue weighted by Gasteiger charge is -2.20. The number of amides is 1. The molecule has 0 spiro atoms. The predicted molar refractivity (Wildman–Crippen MR) is 60.9 cm³/mol. The number of nitrogens with one attached hydrogen (secondary N) is 1. The molecule has 4 heteroatoms. The van der Waals surface area contributed by atoms with Crippen LogP contribution in [-0.4, -0.2) is 16.9 Å². The van der Waals surface area contributed by atoms with Crippen molar-refractivity contribution >= 4 is 23.1 Å². The van der Waals surface area contributed by atoms with Crippen LogP contribution in [0.5, 0.6) is 0 Å². The first-order valence-corrected chi connectivity index (χ1v) is 5.50. The van der Waals surface area contributed by atoms with E-state index in [0.717, 1.165) is 0 Å². The monoisotopic (exact) mass is 214 g/mol. The molecule has 0 bridgehead atoms. The number of hydrogen-bond acceptors (Lipinski definition) is 2. The van der Waals surface area contributed by atoms with Gasteiger partial charge in [0, 0.05) is 6.42 Å². The van der Waals surface area contributed by atoms with Crippen molar-refractivity contribution in [3.05, 3.63) is 0 Å². The zero-order valence-electron chi connectivity index (χ0n) is 8.75. The summed E-state index contributed by atoms with van der Waals surface area (Å²) in [6.45, 7) is 4.00. The average Bonchev–Trinajstić information content (AvgIpc) is 2.82. The maximum Gasteiger partial charge on any atom is 0.220 e. The molecule has 1 aliphatic rings. The second kappa shape index (κ2) is 4.73. The van der Waals surface area contributed by atoms with Gasteiger partial charge in [0.1, 0.15) is 0 Å². The summed E-state index contributed by atoms with van der Waals surface area (Å²) in [6.07, 6.45) is 3.01. The van der Waals surface area contributed by atoms with Gasteiger partial charge in [-0.25, -0.2) is 0 Å². The summed E-state index contributed by atoms with van der Waals surface area (Å²) < 4.78 is 0. The topological polar surface area (TPSA) is 55.1 Å². The normalized spacial score (nSPS) is 17.9. The third kappa shape index (κ3) is 3.62. The summed E-state index contributed by atoms with van der Waals surface area (Å²) in [6, 6.07) is -0.156. The lowest BCUT2D eigenvalue weighted by molar-refractivity contribution is -0.121. The lowest BCUT2D eigenvalue weighted by atomic mass is 10.0. The van der Waals surface area contributed by atoms with Crippen molar-refractivity contribution in [3.8, 4) is 0 Å². The first kappa shape index (κ1) is 11.4. The third-order valence-corrected chi connectivity index (χ3v) is 2.71. The summed E-state index contributed by atoms with van der Waals surface area (Å²) in [5.41, 5.74) is 5.55. The number of nitrogens with two attached hydrogens (primary N) is 1. The molecule has 1 rings (SSSR count). The second-order valence-corrected chi connectivity index (χ2v) is 4.81. The van der Waals surface area contributed by atoms with E-state index in [4.69, 9.17) is 18.0 Å². The predicted octanol–water partition coefficient (Wildman–Crippen LogP) is 1.21. The first-order valence-electron chi connectivity index (χ1n) is 5.09. The van der Waals surface area contributed by atoms with Crippen LogP contribution in [0.4, 0.5) is 0 Å². The largest absolute Gasteiger partial charge is 0.392 e. The molecule has 0 aliphatic heterocycles. The van der Waals surface area contributed by atoms with Gasteiger partial charge in [-0.3, -0.25) is 4.79 Å². The van der Waals surface area contributed by atoms with Crippen molar-refractivity contribution < 1.29 is 4.79 Å². The number of rotatable bonds is 5. The van der Waals surface area contributed by atoms with Crippen molar-refractivity contribution in [2.45, 2.75) is 39.2 Å². The Morgan fingerprint density at radius 1 is 1.57 bits per heavy atom. The highest BCUT2D eigenvalue weighted by molar-refractivity contribution is 7.80. The molecule has 0 aromatic carbocycles. The Balaban J connectivity index is 2.37. The second-order valence-electron chi connectivity index (χ2n) is 4.34. The highest BCUT2D eigenvalue weighted by atomic mass is 32.1. The van der Waals surface area contributed by atoms with Gasteiger partial charge in [0.15, 0.2) is 0 Å². The van der Waals surface area contributed by atoms with Gasteiger partial charge in [0.05, 0.1) is 11.0 Å². The molecule has 1 aliphatic carbocycles. The maximum atomic E-state index is 11.5. The molecule has 0 heterocycles. The van der Waals surface area contributed by atoms with Crippen molar-refractivity contribution in [2.24, 2.45) is 17.6 Å². The fraction of sp³-hybridized carbons (Fsp3) is 0.800. The SMILES string of the molecule is CC(C)C(NC(=O)CC1CC1)C(N)=S. The molecule has 1 fully saturated rings. The van der Waals surface area contributed by atoms with E-state index in [-0.39, 0.29) is 17.9 Å². The smallest absolute Gasteiger partial charge is 0.220 e. The Morgan fingerprint density at radius 2 is 2.14 bits per heavy atom. The fourth-order valence-corrected chi connectivity index (χ4v) is 1.71. The van der Waals surface area contributed by atoms with E-state index in [2.05, 4.69) is 5.32 Å². The molecule has 80 valence electrons. The van der Waals surface area contributed by atoms with Crippen LogP contribution in [0.2, 0.25) is 0 Å². The summed E-state index contributed by atoms with van der Waals surface area (Å²) >= 11 is 4.90.